The molecule has 1 aliphatic heterocycles. The third kappa shape index (κ3) is 5.07. The Kier molecular flexibility index (Phi) is 6.37. The average Bonchev–Trinajstić information content (AvgIpc) is 3.42. The van der Waals surface area contributed by atoms with Crippen LogP contribution in [0, 0.1) is 0 Å². The van der Waals surface area contributed by atoms with Crippen molar-refractivity contribution in [2.45, 2.75) is 25.6 Å². The molecule has 2 aromatic heterocycles. The van der Waals surface area contributed by atoms with Gasteiger partial charge in [-0.05, 0) is 85.4 Å². The fourth-order valence-corrected chi connectivity index (χ4v) is 5.05. The Morgan fingerprint density at radius 2 is 1.88 bits per heavy atom. The Balaban J connectivity index is 1.17. The lowest BCUT2D eigenvalue weighted by atomic mass is 10.1. The minimum absolute atomic E-state index is 0.301. The predicted molar refractivity (Wildman–Crippen MR) is 137 cm³/mol. The number of fused-ring (bicyclic) bond motifs is 1. The van der Waals surface area contributed by atoms with E-state index in [1.165, 1.54) is 10.2 Å². The Morgan fingerprint density at radius 1 is 1.09 bits per heavy atom. The maximum atomic E-state index is 6.07. The zero-order chi connectivity index (χ0) is 22.6. The van der Waals surface area contributed by atoms with E-state index in [1.807, 2.05) is 36.4 Å². The lowest BCUT2D eigenvalue weighted by Gasteiger charge is -2.23. The number of hydrogen-bond acceptors (Lipinski definition) is 5. The van der Waals surface area contributed by atoms with Crippen molar-refractivity contribution in [3.05, 3.63) is 83.9 Å². The van der Waals surface area contributed by atoms with Gasteiger partial charge in [-0.15, -0.1) is 11.3 Å². The van der Waals surface area contributed by atoms with Crippen molar-refractivity contribution in [1.29, 1.82) is 0 Å². The molecule has 1 fully saturated rings. The Morgan fingerprint density at radius 3 is 2.67 bits per heavy atom. The van der Waals surface area contributed by atoms with E-state index in [0.29, 0.717) is 12.7 Å². The number of benzene rings is 2. The third-order valence-electron chi connectivity index (χ3n) is 6.01. The molecule has 6 heteroatoms. The molecule has 3 heterocycles. The summed E-state index contributed by atoms with van der Waals surface area (Å²) in [5, 5.41) is 8.92. The number of nitrogens with zero attached hydrogens (tertiary/aromatic N) is 1. The standard InChI is InChI=1S/C27H29N3O2S/c1-19(26-17-27-25(30(26)2)12-15-33-27)29-21-5-3-4-20(16-21)18-31-22-6-8-23(9-7-22)32-24-10-13-28-14-11-24/h3-9,12,15-17,24,28-29H,1,10-11,13-14,18H2,2H3. The van der Waals surface area contributed by atoms with Crippen LogP contribution in [0.2, 0.25) is 0 Å². The SMILES string of the molecule is C=C(Nc1cccc(COc2ccc(OC3CCNCC3)cc2)c1)c1cc2sccc2n1C. The first kappa shape index (κ1) is 21.6. The zero-order valence-corrected chi connectivity index (χ0v) is 19.7. The molecule has 5 nitrogen and oxygen atoms in total. The highest BCUT2D eigenvalue weighted by atomic mass is 32.1. The summed E-state index contributed by atoms with van der Waals surface area (Å²) in [5.74, 6) is 1.74. The number of aromatic nitrogens is 1. The largest absolute Gasteiger partial charge is 0.490 e. The van der Waals surface area contributed by atoms with Crippen molar-refractivity contribution >= 4 is 32.9 Å². The lowest BCUT2D eigenvalue weighted by Crippen LogP contribution is -2.34. The molecule has 0 bridgehead atoms. The summed E-state index contributed by atoms with van der Waals surface area (Å²) in [6.07, 6.45) is 2.41. The van der Waals surface area contributed by atoms with Crippen LogP contribution in [0.25, 0.3) is 15.9 Å². The van der Waals surface area contributed by atoms with E-state index in [1.54, 1.807) is 11.3 Å². The molecule has 0 amide bonds. The van der Waals surface area contributed by atoms with Gasteiger partial charge in [0.1, 0.15) is 24.2 Å². The van der Waals surface area contributed by atoms with E-state index in [4.69, 9.17) is 9.47 Å². The van der Waals surface area contributed by atoms with E-state index >= 15 is 0 Å². The van der Waals surface area contributed by atoms with Crippen molar-refractivity contribution in [2.75, 3.05) is 18.4 Å². The summed E-state index contributed by atoms with van der Waals surface area (Å²) in [7, 11) is 2.07. The molecule has 0 radical (unpaired) electrons. The summed E-state index contributed by atoms with van der Waals surface area (Å²) in [4.78, 5) is 0. The molecule has 0 aliphatic carbocycles. The van der Waals surface area contributed by atoms with Crippen LogP contribution in [0.15, 0.2) is 72.6 Å². The first-order valence-corrected chi connectivity index (χ1v) is 12.2. The summed E-state index contributed by atoms with van der Waals surface area (Å²) in [5.41, 5.74) is 5.29. The van der Waals surface area contributed by atoms with Crippen LogP contribution in [0.4, 0.5) is 5.69 Å². The summed E-state index contributed by atoms with van der Waals surface area (Å²) in [6.45, 7) is 6.80. The number of anilines is 1. The quantitative estimate of drug-likeness (QED) is 0.338. The molecule has 1 saturated heterocycles. The number of aryl methyl sites for hydroxylation is 1. The van der Waals surface area contributed by atoms with Gasteiger partial charge in [0, 0.05) is 12.7 Å². The molecule has 0 spiro atoms. The Labute approximate surface area is 198 Å². The van der Waals surface area contributed by atoms with Crippen LogP contribution in [0.5, 0.6) is 11.5 Å². The van der Waals surface area contributed by atoms with Crippen LogP contribution in [0.1, 0.15) is 24.1 Å². The zero-order valence-electron chi connectivity index (χ0n) is 18.8. The molecule has 1 aliphatic rings. The van der Waals surface area contributed by atoms with Crippen LogP contribution in [-0.4, -0.2) is 23.8 Å². The van der Waals surface area contributed by atoms with E-state index in [0.717, 1.165) is 60.1 Å². The van der Waals surface area contributed by atoms with E-state index in [9.17, 15) is 0 Å². The summed E-state index contributed by atoms with van der Waals surface area (Å²) in [6, 6.07) is 20.5. The van der Waals surface area contributed by atoms with Crippen molar-refractivity contribution in [3.8, 4) is 11.5 Å². The van der Waals surface area contributed by atoms with Gasteiger partial charge in [-0.2, -0.15) is 0 Å². The molecule has 4 aromatic rings. The number of nitrogens with one attached hydrogen (secondary N) is 2. The van der Waals surface area contributed by atoms with Crippen LogP contribution in [-0.2, 0) is 13.7 Å². The molecule has 2 N–H and O–H groups in total. The van der Waals surface area contributed by atoms with Crippen molar-refractivity contribution in [2.24, 2.45) is 7.05 Å². The average molecular weight is 460 g/mol. The molecule has 33 heavy (non-hydrogen) atoms. The molecular formula is C27H29N3O2S. The number of rotatable bonds is 8. The fraction of sp³-hybridized carbons (Fsp3) is 0.259. The van der Waals surface area contributed by atoms with Gasteiger partial charge in [-0.25, -0.2) is 0 Å². The smallest absolute Gasteiger partial charge is 0.120 e. The first-order chi connectivity index (χ1) is 16.2. The molecular weight excluding hydrogens is 430 g/mol. The lowest BCUT2D eigenvalue weighted by molar-refractivity contribution is 0.162. The predicted octanol–water partition coefficient (Wildman–Crippen LogP) is 6.03. The van der Waals surface area contributed by atoms with E-state index in [2.05, 4.69) is 58.5 Å². The van der Waals surface area contributed by atoms with E-state index < -0.39 is 0 Å². The monoisotopic (exact) mass is 459 g/mol. The highest BCUT2D eigenvalue weighted by Crippen LogP contribution is 2.28. The maximum absolute atomic E-state index is 6.07. The van der Waals surface area contributed by atoms with Gasteiger partial charge < -0.3 is 24.7 Å². The highest BCUT2D eigenvalue weighted by molar-refractivity contribution is 7.17. The van der Waals surface area contributed by atoms with Crippen LogP contribution >= 0.6 is 11.3 Å². The molecule has 0 atom stereocenters. The van der Waals surface area contributed by atoms with Gasteiger partial charge in [0.15, 0.2) is 0 Å². The maximum Gasteiger partial charge on any atom is 0.120 e. The van der Waals surface area contributed by atoms with Gasteiger partial charge in [0.05, 0.1) is 21.6 Å². The number of ether oxygens (including phenoxy) is 2. The normalized spacial score (nSPS) is 14.3. The molecule has 0 saturated carbocycles. The van der Waals surface area contributed by atoms with Gasteiger partial charge in [0.2, 0.25) is 0 Å². The Hall–Kier alpha value is -3.22. The number of thiophene rings is 1. The second-order valence-corrected chi connectivity index (χ2v) is 9.34. The molecule has 5 rings (SSSR count). The Bertz CT molecular complexity index is 1240. The minimum atomic E-state index is 0.301. The van der Waals surface area contributed by atoms with Gasteiger partial charge in [-0.1, -0.05) is 18.7 Å². The van der Waals surface area contributed by atoms with E-state index in [-0.39, 0.29) is 0 Å². The van der Waals surface area contributed by atoms with Crippen molar-refractivity contribution < 1.29 is 9.47 Å². The van der Waals surface area contributed by atoms with Crippen molar-refractivity contribution in [3.63, 3.8) is 0 Å². The summed E-state index contributed by atoms with van der Waals surface area (Å²) < 4.78 is 15.5. The van der Waals surface area contributed by atoms with Gasteiger partial charge in [-0.3, -0.25) is 0 Å². The number of hydrogen-bond donors (Lipinski definition) is 2. The first-order valence-electron chi connectivity index (χ1n) is 11.3. The second-order valence-electron chi connectivity index (χ2n) is 8.39. The van der Waals surface area contributed by atoms with Crippen LogP contribution < -0.4 is 20.1 Å². The molecule has 2 aromatic carbocycles. The van der Waals surface area contributed by atoms with Gasteiger partial charge in [0.25, 0.3) is 0 Å². The number of piperidine rings is 1. The fourth-order valence-electron chi connectivity index (χ4n) is 4.20. The molecule has 0 unspecified atom stereocenters. The minimum Gasteiger partial charge on any atom is -0.490 e. The topological polar surface area (TPSA) is 47.4 Å². The van der Waals surface area contributed by atoms with Gasteiger partial charge >= 0.3 is 0 Å². The van der Waals surface area contributed by atoms with Crippen molar-refractivity contribution in [1.82, 2.24) is 9.88 Å². The second kappa shape index (κ2) is 9.73. The summed E-state index contributed by atoms with van der Waals surface area (Å²) >= 11 is 1.75. The highest BCUT2D eigenvalue weighted by Gasteiger charge is 2.14. The van der Waals surface area contributed by atoms with Crippen LogP contribution in [0.3, 0.4) is 0 Å². The molecule has 170 valence electrons. The third-order valence-corrected chi connectivity index (χ3v) is 6.87.